The molecule has 2 N–H and O–H groups in total. The molecule has 20 heavy (non-hydrogen) atoms. The molecule has 0 aliphatic carbocycles. The summed E-state index contributed by atoms with van der Waals surface area (Å²) in [6, 6.07) is 4.16. The number of carboxylic acids is 1. The van der Waals surface area contributed by atoms with Gasteiger partial charge < -0.3 is 10.4 Å². The van der Waals surface area contributed by atoms with Crippen LogP contribution in [0.4, 0.5) is 11.4 Å². The van der Waals surface area contributed by atoms with Crippen molar-refractivity contribution in [3.63, 3.8) is 0 Å². The molecular formula is C12H14N2O5S. The standard InChI is InChI=1S/C12H14N2O5S/c15-12(16)9-2-1-3-10(11(9)14(17)18)13-8-4-6-20(19)7-5-8/h1-3,8,13H,4-7H2,(H,15,16). The van der Waals surface area contributed by atoms with Crippen LogP contribution in [-0.2, 0) is 10.8 Å². The van der Waals surface area contributed by atoms with Gasteiger partial charge in [-0.1, -0.05) is 6.07 Å². The van der Waals surface area contributed by atoms with Gasteiger partial charge in [-0.2, -0.15) is 0 Å². The van der Waals surface area contributed by atoms with Gasteiger partial charge >= 0.3 is 11.7 Å². The van der Waals surface area contributed by atoms with E-state index in [2.05, 4.69) is 5.32 Å². The molecule has 0 spiro atoms. The van der Waals surface area contributed by atoms with Crippen LogP contribution in [0.25, 0.3) is 0 Å². The smallest absolute Gasteiger partial charge is 0.342 e. The maximum Gasteiger partial charge on any atom is 0.342 e. The van der Waals surface area contributed by atoms with Crippen molar-refractivity contribution in [1.29, 1.82) is 0 Å². The Labute approximate surface area is 117 Å². The number of anilines is 1. The van der Waals surface area contributed by atoms with Gasteiger partial charge in [0.2, 0.25) is 0 Å². The Morgan fingerprint density at radius 2 is 2.05 bits per heavy atom. The highest BCUT2D eigenvalue weighted by Gasteiger charge is 2.26. The molecule has 0 saturated carbocycles. The van der Waals surface area contributed by atoms with Gasteiger partial charge in [-0.15, -0.1) is 0 Å². The van der Waals surface area contributed by atoms with Crippen molar-refractivity contribution in [3.05, 3.63) is 33.9 Å². The fourth-order valence-corrected chi connectivity index (χ4v) is 3.49. The van der Waals surface area contributed by atoms with Crippen LogP contribution in [0.5, 0.6) is 0 Å². The number of nitrogens with one attached hydrogen (secondary N) is 1. The zero-order valence-electron chi connectivity index (χ0n) is 10.6. The number of nitro groups is 1. The van der Waals surface area contributed by atoms with Crippen molar-refractivity contribution in [1.82, 2.24) is 0 Å². The fourth-order valence-electron chi connectivity index (χ4n) is 2.19. The van der Waals surface area contributed by atoms with E-state index in [1.165, 1.54) is 18.2 Å². The fraction of sp³-hybridized carbons (Fsp3) is 0.417. The van der Waals surface area contributed by atoms with Gasteiger partial charge in [0.1, 0.15) is 11.3 Å². The van der Waals surface area contributed by atoms with Crippen molar-refractivity contribution in [3.8, 4) is 0 Å². The molecule has 0 atom stereocenters. The lowest BCUT2D eigenvalue weighted by molar-refractivity contribution is -0.384. The van der Waals surface area contributed by atoms with E-state index in [0.717, 1.165) is 0 Å². The van der Waals surface area contributed by atoms with Crippen LogP contribution in [0.3, 0.4) is 0 Å². The van der Waals surface area contributed by atoms with E-state index < -0.39 is 27.4 Å². The molecule has 0 amide bonds. The summed E-state index contributed by atoms with van der Waals surface area (Å²) in [4.78, 5) is 21.4. The molecule has 1 aliphatic rings. The predicted molar refractivity (Wildman–Crippen MR) is 74.6 cm³/mol. The molecule has 0 aromatic heterocycles. The Kier molecular flexibility index (Phi) is 4.33. The van der Waals surface area contributed by atoms with E-state index >= 15 is 0 Å². The van der Waals surface area contributed by atoms with Crippen molar-refractivity contribution in [2.24, 2.45) is 0 Å². The number of para-hydroxylation sites is 1. The lowest BCUT2D eigenvalue weighted by atomic mass is 10.1. The number of carboxylic acid groups (broad SMARTS) is 1. The molecule has 108 valence electrons. The minimum Gasteiger partial charge on any atom is -0.477 e. The molecule has 1 aliphatic heterocycles. The van der Waals surface area contributed by atoms with Gasteiger partial charge in [0.25, 0.3) is 0 Å². The monoisotopic (exact) mass is 298 g/mol. The highest BCUT2D eigenvalue weighted by atomic mass is 32.2. The quantitative estimate of drug-likeness (QED) is 0.645. The zero-order chi connectivity index (χ0) is 14.7. The van der Waals surface area contributed by atoms with Crippen LogP contribution < -0.4 is 5.32 Å². The number of hydrogen-bond donors (Lipinski definition) is 2. The predicted octanol–water partition coefficient (Wildman–Crippen LogP) is 1.62. The SMILES string of the molecule is O=C(O)c1cccc(NC2CCS(=O)CC2)c1[N+](=O)[O-]. The first-order chi connectivity index (χ1) is 9.49. The lowest BCUT2D eigenvalue weighted by Gasteiger charge is -2.23. The topological polar surface area (TPSA) is 110 Å². The van der Waals surface area contributed by atoms with E-state index in [4.69, 9.17) is 5.11 Å². The van der Waals surface area contributed by atoms with Crippen LogP contribution in [0.1, 0.15) is 23.2 Å². The number of carbonyl (C=O) groups is 1. The van der Waals surface area contributed by atoms with Gasteiger partial charge in [0.05, 0.1) is 4.92 Å². The van der Waals surface area contributed by atoms with Crippen molar-refractivity contribution in [2.75, 3.05) is 16.8 Å². The van der Waals surface area contributed by atoms with Crippen LogP contribution in [0.15, 0.2) is 18.2 Å². The molecule has 1 saturated heterocycles. The molecule has 1 heterocycles. The Balaban J connectivity index is 2.27. The first-order valence-electron chi connectivity index (χ1n) is 6.11. The summed E-state index contributed by atoms with van der Waals surface area (Å²) in [5.74, 6) is -0.209. The summed E-state index contributed by atoms with van der Waals surface area (Å²) in [5.41, 5.74) is -0.557. The summed E-state index contributed by atoms with van der Waals surface area (Å²) in [5, 5.41) is 23.1. The van der Waals surface area contributed by atoms with Gasteiger partial charge in [-0.3, -0.25) is 14.3 Å². The molecule has 0 radical (unpaired) electrons. The molecule has 0 unspecified atom stereocenters. The molecule has 0 bridgehead atoms. The normalized spacial score (nSPS) is 22.2. The number of rotatable bonds is 4. The van der Waals surface area contributed by atoms with Crippen LogP contribution >= 0.6 is 0 Å². The zero-order valence-corrected chi connectivity index (χ0v) is 11.4. The molecule has 8 heteroatoms. The van der Waals surface area contributed by atoms with Crippen molar-refractivity contribution >= 4 is 28.1 Å². The Morgan fingerprint density at radius 1 is 1.40 bits per heavy atom. The number of benzene rings is 1. The molecular weight excluding hydrogens is 284 g/mol. The molecule has 1 fully saturated rings. The Hall–Kier alpha value is -1.96. The summed E-state index contributed by atoms with van der Waals surface area (Å²) < 4.78 is 11.3. The van der Waals surface area contributed by atoms with Gasteiger partial charge in [0, 0.05) is 28.3 Å². The Morgan fingerprint density at radius 3 is 2.60 bits per heavy atom. The number of hydrogen-bond acceptors (Lipinski definition) is 5. The molecule has 7 nitrogen and oxygen atoms in total. The minimum atomic E-state index is -1.33. The van der Waals surface area contributed by atoms with E-state index in [0.29, 0.717) is 24.3 Å². The first kappa shape index (κ1) is 14.4. The van der Waals surface area contributed by atoms with Gasteiger partial charge in [0.15, 0.2) is 0 Å². The summed E-state index contributed by atoms with van der Waals surface area (Å²) in [6.45, 7) is 0. The average Bonchev–Trinajstić information content (AvgIpc) is 2.40. The maximum absolute atomic E-state index is 11.3. The van der Waals surface area contributed by atoms with Gasteiger partial charge in [-0.25, -0.2) is 4.79 Å². The summed E-state index contributed by atoms with van der Waals surface area (Å²) >= 11 is 0. The molecule has 2 rings (SSSR count). The summed E-state index contributed by atoms with van der Waals surface area (Å²) in [7, 11) is -0.813. The lowest BCUT2D eigenvalue weighted by Crippen LogP contribution is -2.29. The number of nitro benzene ring substituents is 1. The highest BCUT2D eigenvalue weighted by molar-refractivity contribution is 7.85. The second kappa shape index (κ2) is 6.00. The maximum atomic E-state index is 11.3. The van der Waals surface area contributed by atoms with Crippen LogP contribution in [-0.4, -0.2) is 37.8 Å². The second-order valence-electron chi connectivity index (χ2n) is 4.53. The summed E-state index contributed by atoms with van der Waals surface area (Å²) in [6.07, 6.45) is 1.31. The third-order valence-electron chi connectivity index (χ3n) is 3.20. The average molecular weight is 298 g/mol. The number of nitrogens with zero attached hydrogens (tertiary/aromatic N) is 1. The van der Waals surface area contributed by atoms with Crippen LogP contribution in [0, 0.1) is 10.1 Å². The van der Waals surface area contributed by atoms with E-state index in [1.54, 1.807) is 0 Å². The third-order valence-corrected chi connectivity index (χ3v) is 4.58. The first-order valence-corrected chi connectivity index (χ1v) is 7.60. The highest BCUT2D eigenvalue weighted by Crippen LogP contribution is 2.30. The van der Waals surface area contributed by atoms with Crippen molar-refractivity contribution < 1.29 is 19.0 Å². The molecule has 1 aromatic carbocycles. The van der Waals surface area contributed by atoms with E-state index in [9.17, 15) is 19.1 Å². The third kappa shape index (κ3) is 3.13. The van der Waals surface area contributed by atoms with Crippen molar-refractivity contribution in [2.45, 2.75) is 18.9 Å². The van der Waals surface area contributed by atoms with Gasteiger partial charge in [-0.05, 0) is 25.0 Å². The number of aromatic carboxylic acids is 1. The largest absolute Gasteiger partial charge is 0.477 e. The minimum absolute atomic E-state index is 0.0181. The van der Waals surface area contributed by atoms with Crippen LogP contribution in [0.2, 0.25) is 0 Å². The van der Waals surface area contributed by atoms with E-state index in [-0.39, 0.29) is 17.3 Å². The Bertz CT molecular complexity index is 565. The van der Waals surface area contributed by atoms with E-state index in [1.807, 2.05) is 0 Å². The molecule has 1 aromatic rings. The second-order valence-corrected chi connectivity index (χ2v) is 6.23.